The van der Waals surface area contributed by atoms with E-state index in [1.165, 1.54) is 29.6 Å². The maximum absolute atomic E-state index is 13.6. The third-order valence-corrected chi connectivity index (χ3v) is 5.84. The van der Waals surface area contributed by atoms with Gasteiger partial charge in [0.1, 0.15) is 5.82 Å². The van der Waals surface area contributed by atoms with E-state index in [1.54, 1.807) is 22.8 Å². The van der Waals surface area contributed by atoms with E-state index >= 15 is 0 Å². The number of hydrogen-bond acceptors (Lipinski definition) is 4. The maximum Gasteiger partial charge on any atom is 0.262 e. The molecule has 3 rings (SSSR count). The van der Waals surface area contributed by atoms with E-state index in [-0.39, 0.29) is 11.4 Å². The van der Waals surface area contributed by atoms with E-state index < -0.39 is 0 Å². The number of hydrogen-bond donors (Lipinski definition) is 0. The zero-order valence-corrected chi connectivity index (χ0v) is 14.9. The van der Waals surface area contributed by atoms with Crippen molar-refractivity contribution in [2.75, 3.05) is 11.5 Å². The van der Waals surface area contributed by atoms with Gasteiger partial charge in [0.25, 0.3) is 5.56 Å². The molecule has 0 saturated carbocycles. The lowest BCUT2D eigenvalue weighted by Crippen LogP contribution is -2.22. The molecular formula is C18H17FN2OS2. The zero-order valence-electron chi connectivity index (χ0n) is 13.2. The van der Waals surface area contributed by atoms with Crippen LogP contribution in [0.15, 0.2) is 63.4 Å². The van der Waals surface area contributed by atoms with Crippen LogP contribution in [0.4, 0.5) is 4.39 Å². The summed E-state index contributed by atoms with van der Waals surface area (Å²) in [4.78, 5) is 17.8. The molecule has 6 heteroatoms. The number of halogens is 1. The molecule has 0 amide bonds. The predicted octanol–water partition coefficient (Wildman–Crippen LogP) is 4.44. The standard InChI is InChI=1S/C18H17FN2OS2/c1-2-21-17(22)13-7-3-5-9-15(13)20-18(21)24-12-11-23-16-10-6-4-8-14(16)19/h3-10H,2,11-12H2,1H3. The average Bonchev–Trinajstić information content (AvgIpc) is 2.60. The Morgan fingerprint density at radius 2 is 1.75 bits per heavy atom. The summed E-state index contributed by atoms with van der Waals surface area (Å²) in [6, 6.07) is 14.2. The average molecular weight is 360 g/mol. The molecule has 0 bridgehead atoms. The van der Waals surface area contributed by atoms with Crippen LogP contribution in [0.3, 0.4) is 0 Å². The van der Waals surface area contributed by atoms with Crippen molar-refractivity contribution in [3.05, 3.63) is 64.7 Å². The predicted molar refractivity (Wildman–Crippen MR) is 99.5 cm³/mol. The number of thioether (sulfide) groups is 2. The number of para-hydroxylation sites is 1. The number of rotatable bonds is 6. The van der Waals surface area contributed by atoms with Gasteiger partial charge in [0.2, 0.25) is 0 Å². The van der Waals surface area contributed by atoms with Crippen molar-refractivity contribution in [3.63, 3.8) is 0 Å². The van der Waals surface area contributed by atoms with Gasteiger partial charge in [-0.3, -0.25) is 9.36 Å². The number of aromatic nitrogens is 2. The second-order valence-corrected chi connectivity index (χ2v) is 7.29. The normalized spacial score (nSPS) is 11.1. The summed E-state index contributed by atoms with van der Waals surface area (Å²) in [5, 5.41) is 1.36. The number of nitrogens with zero attached hydrogens (tertiary/aromatic N) is 2. The van der Waals surface area contributed by atoms with E-state index in [9.17, 15) is 9.18 Å². The van der Waals surface area contributed by atoms with Crippen molar-refractivity contribution in [3.8, 4) is 0 Å². The monoisotopic (exact) mass is 360 g/mol. The molecule has 0 spiro atoms. The van der Waals surface area contributed by atoms with Gasteiger partial charge >= 0.3 is 0 Å². The molecule has 3 nitrogen and oxygen atoms in total. The van der Waals surface area contributed by atoms with Gasteiger partial charge in [-0.1, -0.05) is 36.0 Å². The first-order valence-corrected chi connectivity index (χ1v) is 9.67. The number of benzene rings is 2. The van der Waals surface area contributed by atoms with Crippen LogP contribution in [-0.2, 0) is 6.54 Å². The highest BCUT2D eigenvalue weighted by Gasteiger charge is 2.10. The Balaban J connectivity index is 1.73. The molecule has 24 heavy (non-hydrogen) atoms. The fourth-order valence-electron chi connectivity index (χ4n) is 2.38. The largest absolute Gasteiger partial charge is 0.287 e. The van der Waals surface area contributed by atoms with Crippen molar-refractivity contribution >= 4 is 34.4 Å². The highest BCUT2D eigenvalue weighted by Crippen LogP contribution is 2.24. The molecule has 0 saturated heterocycles. The summed E-state index contributed by atoms with van der Waals surface area (Å²) in [6.45, 7) is 2.52. The fraction of sp³-hybridized carbons (Fsp3) is 0.222. The van der Waals surface area contributed by atoms with Crippen LogP contribution in [-0.4, -0.2) is 21.1 Å². The van der Waals surface area contributed by atoms with E-state index in [1.807, 2.05) is 31.2 Å². The third kappa shape index (κ3) is 3.65. The Labute approximate surface area is 148 Å². The molecule has 0 aliphatic heterocycles. The first-order chi connectivity index (χ1) is 11.7. The van der Waals surface area contributed by atoms with Gasteiger partial charge in [-0.25, -0.2) is 9.37 Å². The minimum atomic E-state index is -0.193. The summed E-state index contributed by atoms with van der Waals surface area (Å²) in [5.41, 5.74) is 0.712. The van der Waals surface area contributed by atoms with Crippen LogP contribution in [0.25, 0.3) is 10.9 Å². The maximum atomic E-state index is 13.6. The van der Waals surface area contributed by atoms with Crippen LogP contribution >= 0.6 is 23.5 Å². The lowest BCUT2D eigenvalue weighted by Gasteiger charge is -2.11. The highest BCUT2D eigenvalue weighted by atomic mass is 32.2. The molecule has 0 radical (unpaired) electrons. The minimum Gasteiger partial charge on any atom is -0.287 e. The molecule has 1 aromatic heterocycles. The van der Waals surface area contributed by atoms with E-state index in [2.05, 4.69) is 4.98 Å². The molecule has 0 fully saturated rings. The van der Waals surface area contributed by atoms with E-state index in [0.717, 1.165) is 22.2 Å². The van der Waals surface area contributed by atoms with Crippen molar-refractivity contribution in [2.45, 2.75) is 23.5 Å². The molecule has 0 N–H and O–H groups in total. The zero-order chi connectivity index (χ0) is 16.9. The first-order valence-electron chi connectivity index (χ1n) is 7.70. The Bertz CT molecular complexity index is 911. The van der Waals surface area contributed by atoms with Gasteiger partial charge in [-0.05, 0) is 31.2 Å². The topological polar surface area (TPSA) is 34.9 Å². The number of fused-ring (bicyclic) bond motifs is 1. The summed E-state index contributed by atoms with van der Waals surface area (Å²) in [5.74, 6) is 1.31. The minimum absolute atomic E-state index is 0.00708. The Morgan fingerprint density at radius 3 is 2.54 bits per heavy atom. The second kappa shape index (κ2) is 7.85. The summed E-state index contributed by atoms with van der Waals surface area (Å²) >= 11 is 3.01. The van der Waals surface area contributed by atoms with Gasteiger partial charge in [0, 0.05) is 22.9 Å². The van der Waals surface area contributed by atoms with Crippen molar-refractivity contribution in [1.29, 1.82) is 0 Å². The van der Waals surface area contributed by atoms with Gasteiger partial charge in [0.05, 0.1) is 10.9 Å². The fourth-order valence-corrected chi connectivity index (χ4v) is 4.36. The van der Waals surface area contributed by atoms with E-state index in [4.69, 9.17) is 0 Å². The van der Waals surface area contributed by atoms with Gasteiger partial charge in [-0.15, -0.1) is 11.8 Å². The Hall–Kier alpha value is -1.79. The quantitative estimate of drug-likeness (QED) is 0.370. The van der Waals surface area contributed by atoms with Crippen LogP contribution in [0, 0.1) is 5.82 Å². The SMILES string of the molecule is CCn1c(SCCSc2ccccc2F)nc2ccccc2c1=O. The summed E-state index contributed by atoms with van der Waals surface area (Å²) < 4.78 is 15.3. The lowest BCUT2D eigenvalue weighted by atomic mass is 10.2. The van der Waals surface area contributed by atoms with Crippen LogP contribution in [0.2, 0.25) is 0 Å². The molecule has 1 heterocycles. The van der Waals surface area contributed by atoms with Crippen LogP contribution in [0.5, 0.6) is 0 Å². The van der Waals surface area contributed by atoms with Crippen molar-refractivity contribution in [2.24, 2.45) is 0 Å². The van der Waals surface area contributed by atoms with E-state index in [0.29, 0.717) is 16.8 Å². The van der Waals surface area contributed by atoms with Gasteiger partial charge in [-0.2, -0.15) is 0 Å². The Morgan fingerprint density at radius 1 is 1.04 bits per heavy atom. The molecule has 0 aliphatic rings. The van der Waals surface area contributed by atoms with Crippen LogP contribution < -0.4 is 5.56 Å². The Kier molecular flexibility index (Phi) is 5.58. The summed E-state index contributed by atoms with van der Waals surface area (Å²) in [6.07, 6.45) is 0. The smallest absolute Gasteiger partial charge is 0.262 e. The van der Waals surface area contributed by atoms with Crippen molar-refractivity contribution in [1.82, 2.24) is 9.55 Å². The summed E-state index contributed by atoms with van der Waals surface area (Å²) in [7, 11) is 0. The molecule has 0 unspecified atom stereocenters. The van der Waals surface area contributed by atoms with Crippen LogP contribution in [0.1, 0.15) is 6.92 Å². The molecular weight excluding hydrogens is 343 g/mol. The van der Waals surface area contributed by atoms with Gasteiger partial charge < -0.3 is 0 Å². The second-order valence-electron chi connectivity index (χ2n) is 5.09. The van der Waals surface area contributed by atoms with Gasteiger partial charge in [0.15, 0.2) is 5.16 Å². The lowest BCUT2D eigenvalue weighted by molar-refractivity contribution is 0.602. The molecule has 3 aromatic rings. The molecule has 124 valence electrons. The first kappa shape index (κ1) is 17.0. The molecule has 0 atom stereocenters. The third-order valence-electron chi connectivity index (χ3n) is 3.55. The van der Waals surface area contributed by atoms with Crippen molar-refractivity contribution < 1.29 is 4.39 Å². The molecule has 2 aromatic carbocycles. The highest BCUT2D eigenvalue weighted by molar-refractivity contribution is 8.02. The molecule has 0 aliphatic carbocycles.